The van der Waals surface area contributed by atoms with Crippen molar-refractivity contribution in [2.75, 3.05) is 11.5 Å². The zero-order valence-corrected chi connectivity index (χ0v) is 18.5. The monoisotopic (exact) mass is 436 g/mol. The van der Waals surface area contributed by atoms with Gasteiger partial charge in [0.1, 0.15) is 6.61 Å². The van der Waals surface area contributed by atoms with Crippen LogP contribution < -0.4 is 14.4 Å². The topological polar surface area (TPSA) is 69.5 Å². The summed E-state index contributed by atoms with van der Waals surface area (Å²) in [6.07, 6.45) is 0.534. The zero-order valence-electron chi connectivity index (χ0n) is 17.7. The van der Waals surface area contributed by atoms with E-state index in [1.165, 1.54) is 17.3 Å². The first-order valence-electron chi connectivity index (χ1n) is 10.4. The molecule has 5 rings (SSSR count). The van der Waals surface area contributed by atoms with E-state index >= 15 is 0 Å². The fourth-order valence-electron chi connectivity index (χ4n) is 4.16. The molecule has 3 atom stereocenters. The Labute approximate surface area is 185 Å². The highest BCUT2D eigenvalue weighted by molar-refractivity contribution is 8.00. The molecule has 3 unspecified atom stereocenters. The first-order chi connectivity index (χ1) is 15.0. The molecule has 2 aliphatic heterocycles. The molecule has 0 saturated carbocycles. The van der Waals surface area contributed by atoms with Crippen molar-refractivity contribution >= 4 is 23.4 Å². The average molecular weight is 437 g/mol. The lowest BCUT2D eigenvalue weighted by Gasteiger charge is -2.26. The summed E-state index contributed by atoms with van der Waals surface area (Å²) in [6, 6.07) is 15.9. The Bertz CT molecular complexity index is 1130. The number of ether oxygens (including phenoxy) is 2. The minimum atomic E-state index is -0.349. The molecule has 160 valence electrons. The predicted molar refractivity (Wildman–Crippen MR) is 119 cm³/mol. The van der Waals surface area contributed by atoms with Gasteiger partial charge < -0.3 is 18.9 Å². The molecule has 8 heteroatoms. The normalized spacial score (nSPS) is 20.4. The van der Waals surface area contributed by atoms with E-state index in [4.69, 9.17) is 9.47 Å². The Balaban J connectivity index is 1.31. The number of aromatic nitrogens is 3. The number of fused-ring (bicyclic) bond motifs is 2. The van der Waals surface area contributed by atoms with Crippen molar-refractivity contribution in [1.82, 2.24) is 14.8 Å². The Morgan fingerprint density at radius 1 is 1.13 bits per heavy atom. The number of hydrogen-bond acceptors (Lipinski definition) is 6. The molecule has 0 aliphatic carbocycles. The molecule has 1 aromatic heterocycles. The van der Waals surface area contributed by atoms with Crippen LogP contribution in [0.4, 0.5) is 5.69 Å². The van der Waals surface area contributed by atoms with Crippen molar-refractivity contribution in [3.05, 3.63) is 59.9 Å². The summed E-state index contributed by atoms with van der Waals surface area (Å²) < 4.78 is 13.8. The summed E-state index contributed by atoms with van der Waals surface area (Å²) >= 11 is 1.41. The van der Waals surface area contributed by atoms with E-state index in [1.54, 1.807) is 0 Å². The number of nitrogens with zero attached hydrogens (tertiary/aromatic N) is 4. The van der Waals surface area contributed by atoms with E-state index in [-0.39, 0.29) is 23.3 Å². The summed E-state index contributed by atoms with van der Waals surface area (Å²) in [5.74, 6) is 2.19. The van der Waals surface area contributed by atoms with Crippen LogP contribution in [-0.2, 0) is 18.3 Å². The van der Waals surface area contributed by atoms with Gasteiger partial charge in [0.05, 0.1) is 5.25 Å². The van der Waals surface area contributed by atoms with Gasteiger partial charge in [0, 0.05) is 18.8 Å². The summed E-state index contributed by atoms with van der Waals surface area (Å²) in [4.78, 5) is 15.2. The van der Waals surface area contributed by atoms with Crippen LogP contribution in [0.2, 0.25) is 0 Å². The van der Waals surface area contributed by atoms with Gasteiger partial charge in [0.25, 0.3) is 0 Å². The lowest BCUT2D eigenvalue weighted by molar-refractivity contribution is -0.118. The SMILES string of the molecule is CC(Sc1nnc(C2COc3ccccc3O2)n1C)C(=O)N1c2ccccc2CC1C. The van der Waals surface area contributed by atoms with Crippen LogP contribution in [0.3, 0.4) is 0 Å². The van der Waals surface area contributed by atoms with Gasteiger partial charge in [-0.15, -0.1) is 10.2 Å². The third-order valence-corrected chi connectivity index (χ3v) is 6.86. The van der Waals surface area contributed by atoms with E-state index in [9.17, 15) is 4.79 Å². The van der Waals surface area contributed by atoms with Gasteiger partial charge >= 0.3 is 0 Å². The predicted octanol–water partition coefficient (Wildman–Crippen LogP) is 3.79. The van der Waals surface area contributed by atoms with Gasteiger partial charge in [-0.2, -0.15) is 0 Å². The Morgan fingerprint density at radius 2 is 1.87 bits per heavy atom. The van der Waals surface area contributed by atoms with Gasteiger partial charge in [0.2, 0.25) is 5.91 Å². The molecule has 0 radical (unpaired) electrons. The second kappa shape index (κ2) is 7.92. The molecular formula is C23H24N4O3S. The number of anilines is 1. The molecule has 2 aromatic carbocycles. The third-order valence-electron chi connectivity index (χ3n) is 5.74. The standard InChI is InChI=1S/C23H24N4O3S/c1-14-12-16-8-4-5-9-17(16)27(14)22(28)15(2)31-23-25-24-21(26(23)3)20-13-29-18-10-6-7-11-19(18)30-20/h4-11,14-15,20H,12-13H2,1-3H3. The van der Waals surface area contributed by atoms with Gasteiger partial charge in [0.15, 0.2) is 28.6 Å². The van der Waals surface area contributed by atoms with Crippen LogP contribution in [0.15, 0.2) is 53.7 Å². The highest BCUT2D eigenvalue weighted by Gasteiger charge is 2.34. The quantitative estimate of drug-likeness (QED) is 0.580. The van der Waals surface area contributed by atoms with Crippen molar-refractivity contribution in [2.45, 2.75) is 42.8 Å². The third kappa shape index (κ3) is 3.54. The number of thioether (sulfide) groups is 1. The maximum atomic E-state index is 13.3. The summed E-state index contributed by atoms with van der Waals surface area (Å²) in [5.41, 5.74) is 2.23. The molecule has 0 spiro atoms. The number of hydrogen-bond donors (Lipinski definition) is 0. The van der Waals surface area contributed by atoms with Gasteiger partial charge in [-0.3, -0.25) is 4.79 Å². The first-order valence-corrected chi connectivity index (χ1v) is 11.3. The smallest absolute Gasteiger partial charge is 0.240 e. The van der Waals surface area contributed by atoms with Crippen LogP contribution in [0.1, 0.15) is 31.3 Å². The van der Waals surface area contributed by atoms with Crippen molar-refractivity contribution in [3.8, 4) is 11.5 Å². The minimum Gasteiger partial charge on any atom is -0.485 e. The first kappa shape index (κ1) is 19.9. The second-order valence-electron chi connectivity index (χ2n) is 7.91. The molecule has 0 N–H and O–H groups in total. The molecule has 3 heterocycles. The van der Waals surface area contributed by atoms with Crippen molar-refractivity contribution in [1.29, 1.82) is 0 Å². The van der Waals surface area contributed by atoms with Gasteiger partial charge in [-0.1, -0.05) is 42.1 Å². The Morgan fingerprint density at radius 3 is 2.71 bits per heavy atom. The lowest BCUT2D eigenvalue weighted by atomic mass is 10.1. The molecule has 1 amide bonds. The largest absolute Gasteiger partial charge is 0.485 e. The van der Waals surface area contributed by atoms with E-state index in [2.05, 4.69) is 23.2 Å². The molecule has 31 heavy (non-hydrogen) atoms. The number of rotatable bonds is 4. The van der Waals surface area contributed by atoms with E-state index in [1.807, 2.05) is 65.9 Å². The molecule has 3 aromatic rings. The van der Waals surface area contributed by atoms with Crippen LogP contribution >= 0.6 is 11.8 Å². The number of carbonyl (C=O) groups is 1. The van der Waals surface area contributed by atoms with E-state index in [0.29, 0.717) is 23.3 Å². The Kier molecular flexibility index (Phi) is 5.09. The maximum Gasteiger partial charge on any atom is 0.240 e. The summed E-state index contributed by atoms with van der Waals surface area (Å²) in [6.45, 7) is 4.38. The van der Waals surface area contributed by atoms with Crippen LogP contribution in [0.25, 0.3) is 0 Å². The molecule has 0 saturated heterocycles. The molecular weight excluding hydrogens is 412 g/mol. The van der Waals surface area contributed by atoms with E-state index in [0.717, 1.165) is 17.9 Å². The summed E-state index contributed by atoms with van der Waals surface area (Å²) in [5, 5.41) is 9.05. The van der Waals surface area contributed by atoms with Gasteiger partial charge in [-0.25, -0.2) is 0 Å². The maximum absolute atomic E-state index is 13.3. The fraction of sp³-hybridized carbons (Fsp3) is 0.348. The molecule has 2 aliphatic rings. The van der Waals surface area contributed by atoms with Crippen LogP contribution in [0.5, 0.6) is 11.5 Å². The highest BCUT2D eigenvalue weighted by atomic mass is 32.2. The van der Waals surface area contributed by atoms with Gasteiger partial charge in [-0.05, 0) is 44.0 Å². The summed E-state index contributed by atoms with van der Waals surface area (Å²) in [7, 11) is 1.90. The number of para-hydroxylation sites is 3. The van der Waals surface area contributed by atoms with Crippen molar-refractivity contribution in [3.63, 3.8) is 0 Å². The molecule has 7 nitrogen and oxygen atoms in total. The van der Waals surface area contributed by atoms with Crippen molar-refractivity contribution in [2.24, 2.45) is 7.05 Å². The second-order valence-corrected chi connectivity index (χ2v) is 9.22. The highest BCUT2D eigenvalue weighted by Crippen LogP contribution is 2.37. The zero-order chi connectivity index (χ0) is 21.5. The van der Waals surface area contributed by atoms with Crippen LogP contribution in [-0.4, -0.2) is 38.6 Å². The lowest BCUT2D eigenvalue weighted by Crippen LogP contribution is -2.40. The number of amides is 1. The average Bonchev–Trinajstić information content (AvgIpc) is 3.31. The van der Waals surface area contributed by atoms with E-state index < -0.39 is 0 Å². The number of carbonyl (C=O) groups excluding carboxylic acids is 1. The molecule has 0 bridgehead atoms. The van der Waals surface area contributed by atoms with Crippen molar-refractivity contribution < 1.29 is 14.3 Å². The number of benzene rings is 2. The minimum absolute atomic E-state index is 0.0816. The Hall–Kier alpha value is -3.00. The van der Waals surface area contributed by atoms with Crippen LogP contribution in [0, 0.1) is 0 Å². The molecule has 0 fully saturated rings. The fourth-order valence-corrected chi connectivity index (χ4v) is 5.03.